The van der Waals surface area contributed by atoms with Crippen molar-refractivity contribution in [2.45, 2.75) is 32.9 Å². The van der Waals surface area contributed by atoms with Crippen LogP contribution in [0.15, 0.2) is 46.9 Å². The molecule has 0 aliphatic carbocycles. The number of nitrogens with two attached hydrogens (primary N) is 1. The van der Waals surface area contributed by atoms with Gasteiger partial charge in [0.15, 0.2) is 0 Å². The summed E-state index contributed by atoms with van der Waals surface area (Å²) in [6.45, 7) is 5.77. The van der Waals surface area contributed by atoms with Gasteiger partial charge in [-0.15, -0.1) is 0 Å². The highest BCUT2D eigenvalue weighted by atomic mass is 35.5. The van der Waals surface area contributed by atoms with Gasteiger partial charge in [-0.3, -0.25) is 9.79 Å². The van der Waals surface area contributed by atoms with E-state index in [1.54, 1.807) is 25.1 Å². The number of benzene rings is 1. The van der Waals surface area contributed by atoms with Crippen LogP contribution in [0.5, 0.6) is 0 Å². The summed E-state index contributed by atoms with van der Waals surface area (Å²) in [4.78, 5) is 17.3. The molecule has 5 N–H and O–H groups in total. The smallest absolute Gasteiger partial charge is 0.275 e. The van der Waals surface area contributed by atoms with Gasteiger partial charge in [-0.2, -0.15) is 0 Å². The third-order valence-electron chi connectivity index (χ3n) is 4.19. The fraction of sp³-hybridized carbons (Fsp3) is 0.368. The minimum absolute atomic E-state index is 0.0823. The summed E-state index contributed by atoms with van der Waals surface area (Å²) in [6, 6.07) is 5.48. The average Bonchev–Trinajstić information content (AvgIpc) is 3.18. The van der Waals surface area contributed by atoms with E-state index in [9.17, 15) is 4.79 Å². The average molecular weight is 410 g/mol. The van der Waals surface area contributed by atoms with Gasteiger partial charge in [0, 0.05) is 13.1 Å². The molecular formula is C19H25Cl2N5O. The summed E-state index contributed by atoms with van der Waals surface area (Å²) >= 11 is 12.0. The molecule has 0 bridgehead atoms. The van der Waals surface area contributed by atoms with Crippen LogP contribution in [-0.4, -0.2) is 30.8 Å². The van der Waals surface area contributed by atoms with Gasteiger partial charge in [0.1, 0.15) is 11.5 Å². The van der Waals surface area contributed by atoms with Gasteiger partial charge >= 0.3 is 0 Å². The highest BCUT2D eigenvalue weighted by Crippen LogP contribution is 2.22. The number of nitrogens with zero attached hydrogens (tertiary/aromatic N) is 1. The van der Waals surface area contributed by atoms with Crippen molar-refractivity contribution in [3.8, 4) is 0 Å². The predicted molar refractivity (Wildman–Crippen MR) is 112 cm³/mol. The lowest BCUT2D eigenvalue weighted by Crippen LogP contribution is -2.37. The molecule has 0 radical (unpaired) electrons. The van der Waals surface area contributed by atoms with Crippen LogP contribution in [0, 0.1) is 0 Å². The molecule has 1 amide bonds. The lowest BCUT2D eigenvalue weighted by atomic mass is 10.1. The second kappa shape index (κ2) is 10.3. The molecule has 27 heavy (non-hydrogen) atoms. The summed E-state index contributed by atoms with van der Waals surface area (Å²) in [6.07, 6.45) is 4.09. The molecule has 146 valence electrons. The van der Waals surface area contributed by atoms with Gasteiger partial charge < -0.3 is 21.7 Å². The Balaban J connectivity index is 2.04. The number of amides is 1. The van der Waals surface area contributed by atoms with Crippen molar-refractivity contribution in [2.75, 3.05) is 13.1 Å². The first-order valence-corrected chi connectivity index (χ1v) is 9.53. The van der Waals surface area contributed by atoms with Crippen LogP contribution >= 0.6 is 23.2 Å². The summed E-state index contributed by atoms with van der Waals surface area (Å²) in [5.41, 5.74) is 7.55. The normalized spacial score (nSPS) is 18.5. The zero-order valence-corrected chi connectivity index (χ0v) is 17.0. The molecule has 6 nitrogen and oxygen atoms in total. The first kappa shape index (κ1) is 21.3. The molecule has 2 rings (SSSR count). The molecule has 1 unspecified atom stereocenters. The molecule has 1 aromatic rings. The number of halogens is 2. The van der Waals surface area contributed by atoms with Crippen molar-refractivity contribution in [3.05, 3.63) is 57.5 Å². The van der Waals surface area contributed by atoms with Gasteiger partial charge in [-0.25, -0.2) is 0 Å². The Morgan fingerprint density at radius 3 is 2.78 bits per heavy atom. The maximum atomic E-state index is 12.7. The second-order valence-corrected chi connectivity index (χ2v) is 7.05. The van der Waals surface area contributed by atoms with E-state index in [2.05, 4.69) is 20.9 Å². The van der Waals surface area contributed by atoms with Crippen molar-refractivity contribution < 1.29 is 4.79 Å². The van der Waals surface area contributed by atoms with Crippen molar-refractivity contribution >= 4 is 34.8 Å². The monoisotopic (exact) mass is 409 g/mol. The molecule has 0 aromatic heterocycles. The molecule has 1 saturated heterocycles. The maximum absolute atomic E-state index is 12.7. The Labute approximate surface area is 169 Å². The zero-order chi connectivity index (χ0) is 19.8. The van der Waals surface area contributed by atoms with E-state index in [0.717, 1.165) is 25.1 Å². The van der Waals surface area contributed by atoms with Crippen LogP contribution in [0.4, 0.5) is 0 Å². The van der Waals surface area contributed by atoms with Crippen LogP contribution in [-0.2, 0) is 11.3 Å². The molecule has 0 spiro atoms. The fourth-order valence-electron chi connectivity index (χ4n) is 2.60. The number of hydrogen-bond donors (Lipinski definition) is 4. The number of aliphatic imine (C=N–C) groups is 1. The standard InChI is InChI=1S/C19H25Cl2N5O/c1-3-17(24-10-13-4-5-15(20)16(21)8-13)26-19(27)18(12(2)9-22)25-14-6-7-23-11-14/h3-5,8-9,14,23-24H,6-7,10-11,22H2,1-2H3,(H,26,27)/b12-9-,17-3?,25-18?. The Bertz CT molecular complexity index is 767. The van der Waals surface area contributed by atoms with E-state index in [0.29, 0.717) is 33.7 Å². The number of rotatable bonds is 7. The van der Waals surface area contributed by atoms with Gasteiger partial charge in [-0.1, -0.05) is 29.3 Å². The largest absolute Gasteiger partial charge is 0.404 e. The molecule has 0 saturated carbocycles. The SMILES string of the molecule is CC=C(NCc1ccc(Cl)c(Cl)c1)NC(=O)C(=NC1CCNC1)/C(C)=C\N. The van der Waals surface area contributed by atoms with E-state index in [4.69, 9.17) is 28.9 Å². The van der Waals surface area contributed by atoms with Gasteiger partial charge in [0.25, 0.3) is 5.91 Å². The van der Waals surface area contributed by atoms with Gasteiger partial charge in [0.2, 0.25) is 0 Å². The van der Waals surface area contributed by atoms with Crippen molar-refractivity contribution in [1.82, 2.24) is 16.0 Å². The minimum Gasteiger partial charge on any atom is -0.404 e. The summed E-state index contributed by atoms with van der Waals surface area (Å²) in [5, 5.41) is 10.3. The molecule has 1 aliphatic heterocycles. The molecule has 1 aliphatic rings. The van der Waals surface area contributed by atoms with Gasteiger partial charge in [0.05, 0.1) is 16.1 Å². The third-order valence-corrected chi connectivity index (χ3v) is 4.93. The predicted octanol–water partition coefficient (Wildman–Crippen LogP) is 2.73. The maximum Gasteiger partial charge on any atom is 0.275 e. The summed E-state index contributed by atoms with van der Waals surface area (Å²) < 4.78 is 0. The van der Waals surface area contributed by atoms with E-state index in [1.807, 2.05) is 13.0 Å². The minimum atomic E-state index is -0.296. The number of hydrogen-bond acceptors (Lipinski definition) is 5. The van der Waals surface area contributed by atoms with E-state index >= 15 is 0 Å². The van der Waals surface area contributed by atoms with Crippen molar-refractivity contribution in [1.29, 1.82) is 0 Å². The summed E-state index contributed by atoms with van der Waals surface area (Å²) in [5.74, 6) is 0.281. The number of carbonyl (C=O) groups is 1. The highest BCUT2D eigenvalue weighted by Gasteiger charge is 2.19. The van der Waals surface area contributed by atoms with Crippen LogP contribution in [0.2, 0.25) is 10.0 Å². The lowest BCUT2D eigenvalue weighted by Gasteiger charge is -2.15. The number of carbonyl (C=O) groups excluding carboxylic acids is 1. The third kappa shape index (κ3) is 6.27. The zero-order valence-electron chi connectivity index (χ0n) is 15.5. The summed E-state index contributed by atoms with van der Waals surface area (Å²) in [7, 11) is 0. The molecule has 1 fully saturated rings. The fourth-order valence-corrected chi connectivity index (χ4v) is 2.92. The lowest BCUT2D eigenvalue weighted by molar-refractivity contribution is -0.114. The molecule has 1 heterocycles. The van der Waals surface area contributed by atoms with E-state index in [1.165, 1.54) is 6.20 Å². The van der Waals surface area contributed by atoms with Gasteiger partial charge in [-0.05, 0) is 62.4 Å². The molecule has 1 atom stereocenters. The number of nitrogens with one attached hydrogen (secondary N) is 3. The van der Waals surface area contributed by atoms with Crippen LogP contribution in [0.1, 0.15) is 25.8 Å². The Hall–Kier alpha value is -2.02. The highest BCUT2D eigenvalue weighted by molar-refractivity contribution is 6.45. The van der Waals surface area contributed by atoms with Crippen molar-refractivity contribution in [2.24, 2.45) is 10.7 Å². The molecular weight excluding hydrogens is 385 g/mol. The Kier molecular flexibility index (Phi) is 8.16. The Morgan fingerprint density at radius 1 is 1.41 bits per heavy atom. The van der Waals surface area contributed by atoms with Crippen LogP contribution in [0.25, 0.3) is 0 Å². The van der Waals surface area contributed by atoms with Crippen LogP contribution < -0.4 is 21.7 Å². The first-order chi connectivity index (χ1) is 12.9. The Morgan fingerprint density at radius 2 is 2.19 bits per heavy atom. The van der Waals surface area contributed by atoms with E-state index in [-0.39, 0.29) is 11.9 Å². The quantitative estimate of drug-likeness (QED) is 0.521. The first-order valence-electron chi connectivity index (χ1n) is 8.77. The van der Waals surface area contributed by atoms with Crippen LogP contribution in [0.3, 0.4) is 0 Å². The molecule has 8 heteroatoms. The topological polar surface area (TPSA) is 91.5 Å². The van der Waals surface area contributed by atoms with Crippen molar-refractivity contribution in [3.63, 3.8) is 0 Å². The number of allylic oxidation sites excluding steroid dienone is 1. The second-order valence-electron chi connectivity index (χ2n) is 6.23. The van der Waals surface area contributed by atoms with E-state index < -0.39 is 0 Å². The molecule has 1 aromatic carbocycles.